The standard InChI is InChI=1S/C20H24N2O4.C2HF3O2/c23-19(17-6-3-11-25-17)22-10-7-18-20(14-22,8-4-12-26-18)15-24-13-16-5-1-2-9-21-16;3-2(4,5)1(6)7/h1-3,5-6,9,11,18H,4,7-8,10,12-15H2;(H,6,7). The quantitative estimate of drug-likeness (QED) is 0.713. The van der Waals surface area contributed by atoms with Gasteiger partial charge in [-0.05, 0) is 43.5 Å². The number of furan rings is 1. The number of amides is 1. The molecule has 0 spiro atoms. The Morgan fingerprint density at radius 2 is 2.06 bits per heavy atom. The van der Waals surface area contributed by atoms with Gasteiger partial charge in [-0.25, -0.2) is 4.79 Å². The van der Waals surface area contributed by atoms with E-state index in [0.717, 1.165) is 31.6 Å². The van der Waals surface area contributed by atoms with Crippen LogP contribution in [0.4, 0.5) is 13.2 Å². The minimum Gasteiger partial charge on any atom is -0.475 e. The summed E-state index contributed by atoms with van der Waals surface area (Å²) in [6.45, 7) is 3.15. The molecule has 1 amide bonds. The largest absolute Gasteiger partial charge is 0.490 e. The summed E-state index contributed by atoms with van der Waals surface area (Å²) in [6.07, 6.45) is 1.19. The van der Waals surface area contributed by atoms with Crippen LogP contribution in [0.15, 0.2) is 47.2 Å². The molecule has 33 heavy (non-hydrogen) atoms. The molecule has 0 aliphatic carbocycles. The van der Waals surface area contributed by atoms with Gasteiger partial charge < -0.3 is 23.9 Å². The number of hydrogen-bond acceptors (Lipinski definition) is 6. The topological polar surface area (TPSA) is 102 Å². The summed E-state index contributed by atoms with van der Waals surface area (Å²) >= 11 is 0. The Morgan fingerprint density at radius 3 is 2.70 bits per heavy atom. The molecule has 2 aliphatic heterocycles. The molecule has 11 heteroatoms. The van der Waals surface area contributed by atoms with Crippen LogP contribution in [0.1, 0.15) is 35.5 Å². The highest BCUT2D eigenvalue weighted by molar-refractivity contribution is 5.91. The van der Waals surface area contributed by atoms with Gasteiger partial charge in [0.05, 0.1) is 31.3 Å². The number of aromatic nitrogens is 1. The second-order valence-corrected chi connectivity index (χ2v) is 7.93. The summed E-state index contributed by atoms with van der Waals surface area (Å²) in [6, 6.07) is 9.28. The highest BCUT2D eigenvalue weighted by Gasteiger charge is 2.47. The van der Waals surface area contributed by atoms with Gasteiger partial charge in [-0.15, -0.1) is 0 Å². The Hall–Kier alpha value is -2.92. The fraction of sp³-hybridized carbons (Fsp3) is 0.500. The van der Waals surface area contributed by atoms with Gasteiger partial charge in [0.2, 0.25) is 0 Å². The summed E-state index contributed by atoms with van der Waals surface area (Å²) in [5.74, 6) is -2.42. The van der Waals surface area contributed by atoms with Crippen molar-refractivity contribution in [2.75, 3.05) is 26.3 Å². The van der Waals surface area contributed by atoms with Crippen molar-refractivity contribution in [1.82, 2.24) is 9.88 Å². The van der Waals surface area contributed by atoms with E-state index in [9.17, 15) is 18.0 Å². The zero-order valence-corrected chi connectivity index (χ0v) is 17.8. The van der Waals surface area contributed by atoms with Crippen molar-refractivity contribution >= 4 is 11.9 Å². The number of piperidine rings is 1. The van der Waals surface area contributed by atoms with Crippen molar-refractivity contribution in [2.24, 2.45) is 5.41 Å². The van der Waals surface area contributed by atoms with Crippen LogP contribution < -0.4 is 0 Å². The van der Waals surface area contributed by atoms with Crippen molar-refractivity contribution in [1.29, 1.82) is 0 Å². The minimum atomic E-state index is -5.08. The van der Waals surface area contributed by atoms with E-state index in [0.29, 0.717) is 32.1 Å². The molecule has 0 radical (unpaired) electrons. The van der Waals surface area contributed by atoms with E-state index in [4.69, 9.17) is 23.8 Å². The number of pyridine rings is 1. The number of nitrogens with zero attached hydrogens (tertiary/aromatic N) is 2. The molecule has 2 aromatic rings. The number of alkyl halides is 3. The van der Waals surface area contributed by atoms with E-state index in [1.807, 2.05) is 23.1 Å². The average Bonchev–Trinajstić information content (AvgIpc) is 3.33. The second kappa shape index (κ2) is 10.8. The van der Waals surface area contributed by atoms with Gasteiger partial charge in [-0.3, -0.25) is 9.78 Å². The molecule has 2 aromatic heterocycles. The fourth-order valence-electron chi connectivity index (χ4n) is 4.07. The van der Waals surface area contributed by atoms with Gasteiger partial charge in [-0.2, -0.15) is 13.2 Å². The molecule has 2 unspecified atom stereocenters. The van der Waals surface area contributed by atoms with Gasteiger partial charge in [0.1, 0.15) is 0 Å². The Morgan fingerprint density at radius 1 is 1.27 bits per heavy atom. The lowest BCUT2D eigenvalue weighted by atomic mass is 9.73. The van der Waals surface area contributed by atoms with Crippen LogP contribution in [0.3, 0.4) is 0 Å². The van der Waals surface area contributed by atoms with Crippen LogP contribution in [-0.4, -0.2) is 65.5 Å². The third-order valence-corrected chi connectivity index (χ3v) is 5.62. The van der Waals surface area contributed by atoms with E-state index in [1.165, 1.54) is 6.26 Å². The van der Waals surface area contributed by atoms with E-state index >= 15 is 0 Å². The van der Waals surface area contributed by atoms with Crippen LogP contribution in [0.5, 0.6) is 0 Å². The summed E-state index contributed by atoms with van der Waals surface area (Å²) in [7, 11) is 0. The minimum absolute atomic E-state index is 0.0527. The molecule has 4 heterocycles. The first-order valence-electron chi connectivity index (χ1n) is 10.4. The monoisotopic (exact) mass is 470 g/mol. The number of ether oxygens (including phenoxy) is 2. The predicted molar refractivity (Wildman–Crippen MR) is 108 cm³/mol. The predicted octanol–water partition coefficient (Wildman–Crippen LogP) is 3.54. The number of carboxylic acid groups (broad SMARTS) is 1. The average molecular weight is 470 g/mol. The fourth-order valence-corrected chi connectivity index (χ4v) is 4.07. The molecule has 2 aliphatic rings. The number of carbonyl (C=O) groups excluding carboxylic acids is 1. The lowest BCUT2D eigenvalue weighted by molar-refractivity contribution is -0.192. The first kappa shape index (κ1) is 24.7. The summed E-state index contributed by atoms with van der Waals surface area (Å²) in [4.78, 5) is 27.8. The summed E-state index contributed by atoms with van der Waals surface area (Å²) in [5.41, 5.74) is 0.754. The number of halogens is 3. The summed E-state index contributed by atoms with van der Waals surface area (Å²) in [5, 5.41) is 7.12. The van der Waals surface area contributed by atoms with Crippen LogP contribution in [-0.2, 0) is 20.9 Å². The van der Waals surface area contributed by atoms with Crippen molar-refractivity contribution in [3.05, 3.63) is 54.2 Å². The first-order chi connectivity index (χ1) is 15.7. The molecule has 0 saturated carbocycles. The zero-order valence-electron chi connectivity index (χ0n) is 17.8. The number of rotatable bonds is 5. The Balaban J connectivity index is 0.000000383. The second-order valence-electron chi connectivity index (χ2n) is 7.93. The number of aliphatic carboxylic acids is 1. The highest BCUT2D eigenvalue weighted by atomic mass is 19.4. The Bertz CT molecular complexity index is 907. The normalized spacial score (nSPS) is 22.6. The number of likely N-dealkylation sites (tertiary alicyclic amines) is 1. The molecule has 180 valence electrons. The Kier molecular flexibility index (Phi) is 8.09. The Labute approximate surface area is 188 Å². The molecular formula is C22H25F3N2O6. The van der Waals surface area contributed by atoms with Crippen molar-refractivity contribution in [2.45, 2.75) is 38.1 Å². The maximum absolute atomic E-state index is 12.7. The van der Waals surface area contributed by atoms with Crippen molar-refractivity contribution in [3.63, 3.8) is 0 Å². The maximum Gasteiger partial charge on any atom is 0.490 e. The van der Waals surface area contributed by atoms with E-state index < -0.39 is 12.1 Å². The van der Waals surface area contributed by atoms with Gasteiger partial charge in [0.25, 0.3) is 5.91 Å². The van der Waals surface area contributed by atoms with Crippen LogP contribution in [0.2, 0.25) is 0 Å². The van der Waals surface area contributed by atoms with Crippen LogP contribution in [0.25, 0.3) is 0 Å². The van der Waals surface area contributed by atoms with Crippen molar-refractivity contribution in [3.8, 4) is 0 Å². The third kappa shape index (κ3) is 6.55. The molecular weight excluding hydrogens is 445 g/mol. The lowest BCUT2D eigenvalue weighted by Crippen LogP contribution is -2.58. The SMILES string of the molecule is O=C(O)C(F)(F)F.O=C(c1ccco1)N1CCC2OCCCC2(COCc2ccccn2)C1. The van der Waals surface area contributed by atoms with E-state index in [2.05, 4.69) is 4.98 Å². The van der Waals surface area contributed by atoms with E-state index in [1.54, 1.807) is 18.3 Å². The molecule has 2 saturated heterocycles. The molecule has 2 fully saturated rings. The first-order valence-corrected chi connectivity index (χ1v) is 10.4. The maximum atomic E-state index is 12.7. The van der Waals surface area contributed by atoms with E-state index in [-0.39, 0.29) is 17.4 Å². The highest BCUT2D eigenvalue weighted by Crippen LogP contribution is 2.41. The molecule has 0 aromatic carbocycles. The zero-order chi connectivity index (χ0) is 23.9. The molecule has 8 nitrogen and oxygen atoms in total. The number of fused-ring (bicyclic) bond motifs is 1. The number of carboxylic acids is 1. The molecule has 2 atom stereocenters. The van der Waals surface area contributed by atoms with Gasteiger partial charge in [0.15, 0.2) is 5.76 Å². The third-order valence-electron chi connectivity index (χ3n) is 5.62. The van der Waals surface area contributed by atoms with Gasteiger partial charge in [0, 0.05) is 31.3 Å². The molecule has 0 bridgehead atoms. The number of carbonyl (C=O) groups is 2. The van der Waals surface area contributed by atoms with Crippen LogP contribution in [0, 0.1) is 5.41 Å². The summed E-state index contributed by atoms with van der Waals surface area (Å²) < 4.78 is 49.1. The lowest BCUT2D eigenvalue weighted by Gasteiger charge is -2.50. The molecule has 1 N–H and O–H groups in total. The molecule has 4 rings (SSSR count). The van der Waals surface area contributed by atoms with Gasteiger partial charge in [-0.1, -0.05) is 6.07 Å². The number of hydrogen-bond donors (Lipinski definition) is 1. The smallest absolute Gasteiger partial charge is 0.475 e. The van der Waals surface area contributed by atoms with Gasteiger partial charge >= 0.3 is 12.1 Å². The van der Waals surface area contributed by atoms with Crippen LogP contribution >= 0.6 is 0 Å². The van der Waals surface area contributed by atoms with Crippen molar-refractivity contribution < 1.29 is 41.8 Å².